The number of methoxy groups -OCH3 is 1. The van der Waals surface area contributed by atoms with E-state index in [4.69, 9.17) is 4.74 Å². The Kier molecular flexibility index (Phi) is 4.25. The third kappa shape index (κ3) is 3.22. The number of piperidine rings is 1. The zero-order valence-electron chi connectivity index (χ0n) is 15.1. The maximum atomic E-state index is 12.8. The Balaban J connectivity index is 1.40. The van der Waals surface area contributed by atoms with E-state index in [1.165, 1.54) is 12.0 Å². The van der Waals surface area contributed by atoms with E-state index in [2.05, 4.69) is 9.72 Å². The number of carbonyl (C=O) groups excluding carboxylic acids is 3. The summed E-state index contributed by atoms with van der Waals surface area (Å²) in [6.45, 7) is 1.21. The van der Waals surface area contributed by atoms with E-state index in [0.29, 0.717) is 38.2 Å². The molecule has 8 heteroatoms. The van der Waals surface area contributed by atoms with E-state index in [1.54, 1.807) is 4.90 Å². The van der Waals surface area contributed by atoms with Gasteiger partial charge in [0.05, 0.1) is 13.7 Å². The fourth-order valence-corrected chi connectivity index (χ4v) is 3.77. The van der Waals surface area contributed by atoms with Crippen molar-refractivity contribution in [2.45, 2.75) is 18.4 Å². The molecule has 1 N–H and O–H groups in total. The number of hydrogen-bond donors (Lipinski definition) is 1. The standard InChI is InChI=1S/C19H21N3O5/c1-26-16(23)11-22-12-19(27-18(22)25)6-8-21(9-7-19)17(24)15-10-13-4-2-3-5-14(13)20-15/h2-5,10,20H,6-9,11-12H2,1H3. The third-order valence-electron chi connectivity index (χ3n) is 5.31. The van der Waals surface area contributed by atoms with Gasteiger partial charge in [0.25, 0.3) is 5.91 Å². The van der Waals surface area contributed by atoms with Crippen molar-refractivity contribution in [3.63, 3.8) is 0 Å². The Bertz CT molecular complexity index is 865. The zero-order valence-corrected chi connectivity index (χ0v) is 15.1. The number of carbonyl (C=O) groups is 3. The number of H-pyrrole nitrogens is 1. The third-order valence-corrected chi connectivity index (χ3v) is 5.31. The van der Waals surface area contributed by atoms with Crippen LogP contribution in [0.5, 0.6) is 0 Å². The zero-order chi connectivity index (χ0) is 19.0. The molecule has 0 atom stereocenters. The Morgan fingerprint density at radius 1 is 1.26 bits per heavy atom. The van der Waals surface area contributed by atoms with Crippen LogP contribution in [0.25, 0.3) is 10.9 Å². The summed E-state index contributed by atoms with van der Waals surface area (Å²) < 4.78 is 10.2. The summed E-state index contributed by atoms with van der Waals surface area (Å²) in [6.07, 6.45) is 0.584. The van der Waals surface area contributed by atoms with Gasteiger partial charge < -0.3 is 19.4 Å². The number of benzene rings is 1. The Morgan fingerprint density at radius 2 is 2.00 bits per heavy atom. The number of nitrogens with zero attached hydrogens (tertiary/aromatic N) is 2. The average Bonchev–Trinajstić information content (AvgIpc) is 3.23. The molecule has 0 bridgehead atoms. The van der Waals surface area contributed by atoms with Crippen LogP contribution in [-0.2, 0) is 14.3 Å². The SMILES string of the molecule is COC(=O)CN1CC2(CCN(C(=O)c3cc4ccccc4[nH]3)CC2)OC1=O. The van der Waals surface area contributed by atoms with E-state index in [9.17, 15) is 14.4 Å². The van der Waals surface area contributed by atoms with Crippen molar-refractivity contribution in [1.82, 2.24) is 14.8 Å². The lowest BCUT2D eigenvalue weighted by molar-refractivity contribution is -0.141. The lowest BCUT2D eigenvalue weighted by Crippen LogP contribution is -2.49. The number of likely N-dealkylation sites (tertiary alicyclic amines) is 1. The van der Waals surface area contributed by atoms with Crippen LogP contribution in [0.2, 0.25) is 0 Å². The predicted octanol–water partition coefficient (Wildman–Crippen LogP) is 1.77. The minimum Gasteiger partial charge on any atom is -0.468 e. The molecule has 142 valence electrons. The second-order valence-electron chi connectivity index (χ2n) is 7.05. The molecule has 2 aliphatic heterocycles. The first-order valence-electron chi connectivity index (χ1n) is 8.91. The highest BCUT2D eigenvalue weighted by Gasteiger charge is 2.48. The van der Waals surface area contributed by atoms with Crippen molar-refractivity contribution in [1.29, 1.82) is 0 Å². The Labute approximate surface area is 156 Å². The summed E-state index contributed by atoms with van der Waals surface area (Å²) in [4.78, 5) is 42.6. The van der Waals surface area contributed by atoms with Gasteiger partial charge in [-0.1, -0.05) is 18.2 Å². The van der Waals surface area contributed by atoms with Crippen LogP contribution in [0.4, 0.5) is 4.79 Å². The van der Waals surface area contributed by atoms with Crippen molar-refractivity contribution in [2.24, 2.45) is 0 Å². The number of amides is 2. The fourth-order valence-electron chi connectivity index (χ4n) is 3.77. The molecular weight excluding hydrogens is 350 g/mol. The van der Waals surface area contributed by atoms with Gasteiger partial charge in [0, 0.05) is 36.8 Å². The quantitative estimate of drug-likeness (QED) is 0.830. The molecular formula is C19H21N3O5. The second kappa shape index (κ2) is 6.61. The molecule has 27 heavy (non-hydrogen) atoms. The molecule has 2 aromatic rings. The van der Waals surface area contributed by atoms with Gasteiger partial charge in [-0.15, -0.1) is 0 Å². The van der Waals surface area contributed by atoms with Crippen molar-refractivity contribution >= 4 is 28.9 Å². The first-order valence-corrected chi connectivity index (χ1v) is 8.91. The summed E-state index contributed by atoms with van der Waals surface area (Å²) in [6, 6.07) is 9.61. The maximum absolute atomic E-state index is 12.8. The molecule has 3 heterocycles. The van der Waals surface area contributed by atoms with E-state index in [-0.39, 0.29) is 12.5 Å². The molecule has 0 aliphatic carbocycles. The van der Waals surface area contributed by atoms with Gasteiger partial charge in [-0.3, -0.25) is 14.5 Å². The van der Waals surface area contributed by atoms with Crippen LogP contribution in [-0.4, -0.2) is 71.6 Å². The molecule has 2 saturated heterocycles. The van der Waals surface area contributed by atoms with Crippen LogP contribution in [0.3, 0.4) is 0 Å². The van der Waals surface area contributed by atoms with Crippen molar-refractivity contribution in [3.05, 3.63) is 36.0 Å². The predicted molar refractivity (Wildman–Crippen MR) is 96.2 cm³/mol. The molecule has 1 spiro atoms. The lowest BCUT2D eigenvalue weighted by atomic mass is 9.91. The number of rotatable bonds is 3. The Morgan fingerprint density at radius 3 is 2.70 bits per heavy atom. The van der Waals surface area contributed by atoms with Gasteiger partial charge in [0.15, 0.2) is 0 Å². The number of hydrogen-bond acceptors (Lipinski definition) is 5. The largest absolute Gasteiger partial charge is 0.468 e. The summed E-state index contributed by atoms with van der Waals surface area (Å²) in [5.74, 6) is -0.535. The molecule has 8 nitrogen and oxygen atoms in total. The van der Waals surface area contributed by atoms with Crippen LogP contribution >= 0.6 is 0 Å². The number of aromatic amines is 1. The summed E-state index contributed by atoms with van der Waals surface area (Å²) >= 11 is 0. The summed E-state index contributed by atoms with van der Waals surface area (Å²) in [5, 5.41) is 0.998. The highest BCUT2D eigenvalue weighted by Crippen LogP contribution is 2.33. The van der Waals surface area contributed by atoms with Gasteiger partial charge >= 0.3 is 12.1 Å². The first kappa shape index (κ1) is 17.4. The van der Waals surface area contributed by atoms with Crippen molar-refractivity contribution in [3.8, 4) is 0 Å². The number of nitrogens with one attached hydrogen (secondary N) is 1. The van der Waals surface area contributed by atoms with Gasteiger partial charge in [-0.2, -0.15) is 0 Å². The second-order valence-corrected chi connectivity index (χ2v) is 7.05. The molecule has 2 aliphatic rings. The minimum atomic E-state index is -0.637. The monoisotopic (exact) mass is 371 g/mol. The molecule has 1 aromatic carbocycles. The van der Waals surface area contributed by atoms with Gasteiger partial charge in [0.1, 0.15) is 17.8 Å². The molecule has 2 amide bonds. The maximum Gasteiger partial charge on any atom is 0.411 e. The van der Waals surface area contributed by atoms with E-state index in [0.717, 1.165) is 10.9 Å². The number of aromatic nitrogens is 1. The van der Waals surface area contributed by atoms with Crippen LogP contribution in [0.1, 0.15) is 23.3 Å². The molecule has 0 saturated carbocycles. The number of para-hydroxylation sites is 1. The van der Waals surface area contributed by atoms with Crippen LogP contribution in [0.15, 0.2) is 30.3 Å². The van der Waals surface area contributed by atoms with Crippen LogP contribution < -0.4 is 0 Å². The number of ether oxygens (including phenoxy) is 2. The molecule has 1 aromatic heterocycles. The minimum absolute atomic E-state index is 0.0585. The first-order chi connectivity index (χ1) is 13.0. The average molecular weight is 371 g/mol. The van der Waals surface area contributed by atoms with Crippen molar-refractivity contribution < 1.29 is 23.9 Å². The lowest BCUT2D eigenvalue weighted by Gasteiger charge is -2.37. The fraction of sp³-hybridized carbons (Fsp3) is 0.421. The normalized spacial score (nSPS) is 18.8. The molecule has 2 fully saturated rings. The van der Waals surface area contributed by atoms with Crippen LogP contribution in [0, 0.1) is 0 Å². The number of fused-ring (bicyclic) bond motifs is 1. The van der Waals surface area contributed by atoms with Crippen molar-refractivity contribution in [2.75, 3.05) is 33.3 Å². The van der Waals surface area contributed by atoms with E-state index >= 15 is 0 Å². The Hall–Kier alpha value is -3.03. The molecule has 4 rings (SSSR count). The van der Waals surface area contributed by atoms with Gasteiger partial charge in [-0.05, 0) is 12.1 Å². The van der Waals surface area contributed by atoms with Gasteiger partial charge in [0.2, 0.25) is 0 Å². The molecule has 0 unspecified atom stereocenters. The summed E-state index contributed by atoms with van der Waals surface area (Å²) in [5.41, 5.74) is 0.850. The smallest absolute Gasteiger partial charge is 0.411 e. The highest BCUT2D eigenvalue weighted by atomic mass is 16.6. The van der Waals surface area contributed by atoms with E-state index < -0.39 is 17.7 Å². The van der Waals surface area contributed by atoms with Gasteiger partial charge in [-0.25, -0.2) is 4.79 Å². The summed E-state index contributed by atoms with van der Waals surface area (Å²) in [7, 11) is 1.29. The molecule has 0 radical (unpaired) electrons. The van der Waals surface area contributed by atoms with E-state index in [1.807, 2.05) is 30.3 Å². The number of esters is 1. The highest BCUT2D eigenvalue weighted by molar-refractivity contribution is 5.98. The topological polar surface area (TPSA) is 91.9 Å².